The molecule has 4 N–H and O–H groups in total. The van der Waals surface area contributed by atoms with Gasteiger partial charge in [-0.2, -0.15) is 8.42 Å². The summed E-state index contributed by atoms with van der Waals surface area (Å²) in [5, 5.41) is 30.9. The van der Waals surface area contributed by atoms with Crippen molar-refractivity contribution in [3.8, 4) is 0 Å². The van der Waals surface area contributed by atoms with Crippen LogP contribution in [0, 0.1) is 0 Å². The summed E-state index contributed by atoms with van der Waals surface area (Å²) in [4.78, 5) is 13.0. The quantitative estimate of drug-likeness (QED) is 0.0196. The summed E-state index contributed by atoms with van der Waals surface area (Å²) in [5.41, 5.74) is 0. The number of aliphatic hydroxyl groups is 3. The molecule has 434 valence electrons. The van der Waals surface area contributed by atoms with Crippen LogP contribution in [0.25, 0.3) is 0 Å². The Hall–Kier alpha value is -1.94. The third-order valence-corrected chi connectivity index (χ3v) is 14.4. The maximum Gasteiger partial charge on any atom is 0.397 e. The van der Waals surface area contributed by atoms with E-state index in [2.05, 4.69) is 66.6 Å². The molecule has 0 spiro atoms. The average Bonchev–Trinajstić information content (AvgIpc) is 3.38. The molecule has 1 saturated heterocycles. The number of allylic oxidation sites excluding steroid dienone is 8. The lowest BCUT2D eigenvalue weighted by molar-refractivity contribution is -0.301. The lowest BCUT2D eigenvalue weighted by Gasteiger charge is -2.41. The highest BCUT2D eigenvalue weighted by atomic mass is 32.3. The van der Waals surface area contributed by atoms with E-state index in [0.29, 0.717) is 13.0 Å². The molecule has 6 atom stereocenters. The number of ether oxygens (including phenoxy) is 4. The van der Waals surface area contributed by atoms with Gasteiger partial charge in [0.15, 0.2) is 6.29 Å². The smallest absolute Gasteiger partial charge is 0.397 e. The van der Waals surface area contributed by atoms with Gasteiger partial charge in [-0.05, 0) is 77.0 Å². The summed E-state index contributed by atoms with van der Waals surface area (Å²) in [6.45, 7) is 4.01. The van der Waals surface area contributed by atoms with Crippen molar-refractivity contribution in [1.29, 1.82) is 0 Å². The zero-order valence-electron chi connectivity index (χ0n) is 47.2. The van der Waals surface area contributed by atoms with Crippen molar-refractivity contribution < 1.29 is 56.2 Å². The molecule has 1 rings (SSSR count). The maximum absolute atomic E-state index is 13.0. The second-order valence-corrected chi connectivity index (χ2v) is 22.0. The lowest BCUT2D eigenvalue weighted by Crippen LogP contribution is -2.60. The van der Waals surface area contributed by atoms with Crippen molar-refractivity contribution in [3.05, 3.63) is 48.6 Å². The molecule has 0 aliphatic carbocycles. The third kappa shape index (κ3) is 44.1. The van der Waals surface area contributed by atoms with Gasteiger partial charge in [-0.1, -0.05) is 236 Å². The van der Waals surface area contributed by atoms with Gasteiger partial charge < -0.3 is 34.3 Å². The van der Waals surface area contributed by atoms with E-state index in [9.17, 15) is 33.1 Å². The summed E-state index contributed by atoms with van der Waals surface area (Å²) < 4.78 is 59.5. The molecule has 0 saturated carbocycles. The van der Waals surface area contributed by atoms with Crippen molar-refractivity contribution in [1.82, 2.24) is 0 Å². The summed E-state index contributed by atoms with van der Waals surface area (Å²) >= 11 is 0. The minimum Gasteiger partial charge on any atom is -0.457 e. The molecule has 0 aromatic carbocycles. The van der Waals surface area contributed by atoms with Crippen LogP contribution in [0.4, 0.5) is 0 Å². The highest BCUT2D eigenvalue weighted by molar-refractivity contribution is 7.80. The normalized spacial score (nSPS) is 19.0. The van der Waals surface area contributed by atoms with Crippen molar-refractivity contribution >= 4 is 16.4 Å². The van der Waals surface area contributed by atoms with Gasteiger partial charge in [0, 0.05) is 13.0 Å². The fourth-order valence-corrected chi connectivity index (χ4v) is 9.83. The molecule has 13 heteroatoms. The van der Waals surface area contributed by atoms with E-state index in [1.165, 1.54) is 173 Å². The molecule has 1 aliphatic heterocycles. The molecule has 1 heterocycles. The van der Waals surface area contributed by atoms with Crippen LogP contribution < -0.4 is 0 Å². The van der Waals surface area contributed by atoms with Gasteiger partial charge in [0.05, 0.1) is 19.8 Å². The topological polar surface area (TPSA) is 178 Å². The van der Waals surface area contributed by atoms with E-state index >= 15 is 0 Å². The number of carbonyl (C=O) groups excluding carboxylic acids is 1. The Labute approximate surface area is 453 Å². The Morgan fingerprint density at radius 1 is 0.514 bits per heavy atom. The molecule has 0 bridgehead atoms. The van der Waals surface area contributed by atoms with Crippen molar-refractivity contribution in [2.24, 2.45) is 0 Å². The SMILES string of the molecule is CCCCCCC/C=C\C/C=C\C/C=C\CCCCCCCCC(=O)OC(COCCCCCCCCCCCCCCCC/C=C\CCCCCCCCCC)COC1OC(CO)C(O)C(OS(=O)(=O)O)C1O. The summed E-state index contributed by atoms with van der Waals surface area (Å²) in [6, 6.07) is 0. The first-order chi connectivity index (χ1) is 36.1. The van der Waals surface area contributed by atoms with E-state index in [-0.39, 0.29) is 19.6 Å². The van der Waals surface area contributed by atoms with Gasteiger partial charge >= 0.3 is 16.4 Å². The van der Waals surface area contributed by atoms with E-state index in [1.54, 1.807) is 0 Å². The molecular formula is C61H112O12S. The van der Waals surface area contributed by atoms with Gasteiger partial charge in [0.1, 0.15) is 30.5 Å². The standard InChI is InChI=1S/C61H112O12S/c1-3-5-7-9-11-13-15-17-19-21-23-25-26-27-28-29-31-33-35-37-39-41-43-45-47-49-51-69-53-55(54-70-61-59(65)60(73-74(66,67)68)58(64)56(52-62)72-61)71-57(63)50-48-46-44-42-40-38-36-34-32-30-24-22-20-18-16-14-12-10-8-6-4-2/h16,18,21-24,32,34,55-56,58-62,64-65H,3-15,17,19-20,25-31,33,35-54H2,1-2H3,(H,66,67,68)/b18-16-,23-21-,24-22-,34-32-. The zero-order valence-corrected chi connectivity index (χ0v) is 48.0. The molecule has 0 radical (unpaired) electrons. The van der Waals surface area contributed by atoms with Gasteiger partial charge in [0.2, 0.25) is 0 Å². The second-order valence-electron chi connectivity index (χ2n) is 20.9. The first-order valence-corrected chi connectivity index (χ1v) is 31.8. The van der Waals surface area contributed by atoms with Crippen LogP contribution in [0.15, 0.2) is 48.6 Å². The second kappa shape index (κ2) is 51.8. The molecule has 0 aromatic rings. The molecular weight excluding hydrogens is 957 g/mol. The number of esters is 1. The summed E-state index contributed by atoms with van der Waals surface area (Å²) in [6.07, 6.45) is 57.2. The van der Waals surface area contributed by atoms with Gasteiger partial charge in [-0.25, -0.2) is 4.18 Å². The van der Waals surface area contributed by atoms with Gasteiger partial charge in [-0.15, -0.1) is 0 Å². The fourth-order valence-electron chi connectivity index (χ4n) is 9.32. The Kier molecular flexibility index (Phi) is 49.0. The Bertz CT molecular complexity index is 1470. The van der Waals surface area contributed by atoms with Crippen LogP contribution >= 0.6 is 0 Å². The number of aliphatic hydroxyl groups excluding tert-OH is 3. The number of carbonyl (C=O) groups is 1. The highest BCUT2D eigenvalue weighted by Gasteiger charge is 2.48. The third-order valence-electron chi connectivity index (χ3n) is 13.9. The molecule has 12 nitrogen and oxygen atoms in total. The van der Waals surface area contributed by atoms with E-state index < -0.39 is 59.8 Å². The van der Waals surface area contributed by atoms with Crippen molar-refractivity contribution in [3.63, 3.8) is 0 Å². The van der Waals surface area contributed by atoms with Crippen LogP contribution in [0.3, 0.4) is 0 Å². The van der Waals surface area contributed by atoms with Crippen molar-refractivity contribution in [2.45, 2.75) is 307 Å². The molecule has 0 amide bonds. The zero-order chi connectivity index (χ0) is 53.8. The van der Waals surface area contributed by atoms with E-state index in [0.717, 1.165) is 70.6 Å². The molecule has 74 heavy (non-hydrogen) atoms. The maximum atomic E-state index is 13.0. The number of unbranched alkanes of at least 4 members (excludes halogenated alkanes) is 33. The lowest BCUT2D eigenvalue weighted by atomic mass is 9.99. The average molecular weight is 1070 g/mol. The number of hydrogen-bond donors (Lipinski definition) is 4. The van der Waals surface area contributed by atoms with E-state index in [4.69, 9.17) is 18.9 Å². The first kappa shape index (κ1) is 70.1. The van der Waals surface area contributed by atoms with Crippen molar-refractivity contribution in [2.75, 3.05) is 26.4 Å². The van der Waals surface area contributed by atoms with E-state index in [1.807, 2.05) is 0 Å². The number of hydrogen-bond acceptors (Lipinski definition) is 11. The molecule has 0 aromatic heterocycles. The molecule has 1 fully saturated rings. The van der Waals surface area contributed by atoms with Crippen LogP contribution in [0.5, 0.6) is 0 Å². The van der Waals surface area contributed by atoms with Crippen LogP contribution in [0.2, 0.25) is 0 Å². The minimum absolute atomic E-state index is 0.0315. The molecule has 6 unspecified atom stereocenters. The monoisotopic (exact) mass is 1070 g/mol. The highest BCUT2D eigenvalue weighted by Crippen LogP contribution is 2.26. The Balaban J connectivity index is 2.28. The first-order valence-electron chi connectivity index (χ1n) is 30.4. The predicted octanol–water partition coefficient (Wildman–Crippen LogP) is 15.4. The number of rotatable bonds is 54. The van der Waals surface area contributed by atoms with Gasteiger partial charge in [-0.3, -0.25) is 9.35 Å². The minimum atomic E-state index is -5.07. The molecule has 1 aliphatic rings. The fraction of sp³-hybridized carbons (Fsp3) is 0.852. The van der Waals surface area contributed by atoms with Crippen LogP contribution in [0.1, 0.15) is 271 Å². The van der Waals surface area contributed by atoms with Gasteiger partial charge in [0.25, 0.3) is 0 Å². The van der Waals surface area contributed by atoms with Crippen LogP contribution in [-0.2, 0) is 38.3 Å². The predicted molar refractivity (Wildman–Crippen MR) is 303 cm³/mol. The van der Waals surface area contributed by atoms with Crippen LogP contribution in [-0.4, -0.2) is 97.5 Å². The largest absolute Gasteiger partial charge is 0.457 e. The Morgan fingerprint density at radius 2 is 0.892 bits per heavy atom. The summed E-state index contributed by atoms with van der Waals surface area (Å²) in [7, 11) is -5.07. The Morgan fingerprint density at radius 3 is 1.31 bits per heavy atom. The summed E-state index contributed by atoms with van der Waals surface area (Å²) in [5.74, 6) is -0.408.